The Morgan fingerprint density at radius 1 is 1.05 bits per heavy atom. The largest absolute Gasteiger partial charge is 0.497 e. The summed E-state index contributed by atoms with van der Waals surface area (Å²) in [5.41, 5.74) is 1.26. The molecule has 3 N–H and O–H groups in total. The van der Waals surface area contributed by atoms with Crippen LogP contribution in [0.2, 0.25) is 0 Å². The third-order valence-electron chi connectivity index (χ3n) is 6.26. The molecule has 1 aliphatic carbocycles. The SMILES string of the molecule is CCOCC(=O)NC(C)C(=O)NCC(=O)NC(CC1CCCC1)C(=O)C1CO1.COc1ccc(C)cc1. The molecule has 1 aromatic rings. The van der Waals surface area contributed by atoms with Crippen LogP contribution in [0, 0.1) is 12.8 Å². The van der Waals surface area contributed by atoms with Crippen molar-refractivity contribution in [2.45, 2.75) is 71.1 Å². The minimum absolute atomic E-state index is 0.0943. The Morgan fingerprint density at radius 3 is 2.27 bits per heavy atom. The molecule has 2 fully saturated rings. The molecule has 0 spiro atoms. The van der Waals surface area contributed by atoms with E-state index in [1.165, 1.54) is 12.5 Å². The van der Waals surface area contributed by atoms with Gasteiger partial charge < -0.3 is 30.2 Å². The molecule has 1 saturated heterocycles. The lowest BCUT2D eigenvalue weighted by Gasteiger charge is -2.21. The number of hydrogen-bond acceptors (Lipinski definition) is 7. The lowest BCUT2D eigenvalue weighted by atomic mass is 9.94. The highest BCUT2D eigenvalue weighted by Gasteiger charge is 2.38. The second kappa shape index (κ2) is 16.0. The summed E-state index contributed by atoms with van der Waals surface area (Å²) in [5.74, 6) is -0.0603. The minimum Gasteiger partial charge on any atom is -0.497 e. The number of ketones is 1. The molecule has 3 amide bonds. The summed E-state index contributed by atoms with van der Waals surface area (Å²) < 4.78 is 15.0. The fourth-order valence-electron chi connectivity index (χ4n) is 4.05. The smallest absolute Gasteiger partial charge is 0.246 e. The first kappa shape index (κ1) is 30.2. The molecule has 3 atom stereocenters. The van der Waals surface area contributed by atoms with E-state index in [-0.39, 0.29) is 18.9 Å². The Bertz CT molecular complexity index is 880. The second-order valence-corrected chi connectivity index (χ2v) is 9.39. The summed E-state index contributed by atoms with van der Waals surface area (Å²) in [4.78, 5) is 48.2. The lowest BCUT2D eigenvalue weighted by Crippen LogP contribution is -2.51. The number of methoxy groups -OCH3 is 1. The summed E-state index contributed by atoms with van der Waals surface area (Å²) >= 11 is 0. The highest BCUT2D eigenvalue weighted by Crippen LogP contribution is 2.29. The lowest BCUT2D eigenvalue weighted by molar-refractivity contribution is -0.132. The first-order valence-corrected chi connectivity index (χ1v) is 12.9. The van der Waals surface area contributed by atoms with Crippen LogP contribution in [-0.4, -0.2) is 75.2 Å². The van der Waals surface area contributed by atoms with Gasteiger partial charge in [-0.3, -0.25) is 19.2 Å². The van der Waals surface area contributed by atoms with Crippen molar-refractivity contribution in [1.82, 2.24) is 16.0 Å². The summed E-state index contributed by atoms with van der Waals surface area (Å²) in [6.45, 7) is 5.77. The Balaban J connectivity index is 0.000000449. The fraction of sp³-hybridized carbons (Fsp3) is 0.630. The molecule has 1 aliphatic heterocycles. The predicted octanol–water partition coefficient (Wildman–Crippen LogP) is 1.68. The molecule has 1 saturated carbocycles. The van der Waals surface area contributed by atoms with E-state index in [1.807, 2.05) is 24.3 Å². The van der Waals surface area contributed by atoms with Crippen LogP contribution in [0.15, 0.2) is 24.3 Å². The number of rotatable bonds is 13. The molecule has 37 heavy (non-hydrogen) atoms. The number of nitrogens with one attached hydrogen (secondary N) is 3. The standard InChI is InChI=1S/C19H31N3O6.C8H10O/c1-3-27-11-17(24)21-12(2)19(26)20-9-16(23)22-14(18(25)15-10-28-15)8-13-6-4-5-7-13;1-7-3-5-8(9-2)6-4-7/h12-15H,3-11H2,1-2H3,(H,20,26)(H,21,24)(H,22,23);3-6H,1-2H3. The van der Waals surface area contributed by atoms with E-state index in [0.29, 0.717) is 25.6 Å². The van der Waals surface area contributed by atoms with Gasteiger partial charge in [-0.15, -0.1) is 0 Å². The molecule has 2 aliphatic rings. The van der Waals surface area contributed by atoms with Crippen molar-refractivity contribution in [3.05, 3.63) is 29.8 Å². The van der Waals surface area contributed by atoms with Crippen LogP contribution in [0.3, 0.4) is 0 Å². The van der Waals surface area contributed by atoms with Gasteiger partial charge in [-0.25, -0.2) is 0 Å². The number of benzene rings is 1. The van der Waals surface area contributed by atoms with Crippen LogP contribution in [0.25, 0.3) is 0 Å². The van der Waals surface area contributed by atoms with Gasteiger partial charge in [0.1, 0.15) is 24.5 Å². The number of hydrogen-bond donors (Lipinski definition) is 3. The van der Waals surface area contributed by atoms with Gasteiger partial charge in [0.2, 0.25) is 17.7 Å². The predicted molar refractivity (Wildman–Crippen MR) is 138 cm³/mol. The average Bonchev–Trinajstić information content (AvgIpc) is 3.62. The van der Waals surface area contributed by atoms with Gasteiger partial charge in [-0.05, 0) is 45.2 Å². The first-order chi connectivity index (χ1) is 17.7. The van der Waals surface area contributed by atoms with Crippen molar-refractivity contribution >= 4 is 23.5 Å². The second-order valence-electron chi connectivity index (χ2n) is 9.39. The summed E-state index contributed by atoms with van der Waals surface area (Å²) in [6.07, 6.45) is 4.65. The zero-order chi connectivity index (χ0) is 27.2. The van der Waals surface area contributed by atoms with Gasteiger partial charge in [0.15, 0.2) is 5.78 Å². The molecule has 10 heteroatoms. The quantitative estimate of drug-likeness (QED) is 0.338. The van der Waals surface area contributed by atoms with Crippen molar-refractivity contribution in [1.29, 1.82) is 0 Å². The molecule has 206 valence electrons. The highest BCUT2D eigenvalue weighted by molar-refractivity contribution is 5.95. The van der Waals surface area contributed by atoms with E-state index in [2.05, 4.69) is 22.9 Å². The maximum atomic E-state index is 12.4. The number of aryl methyl sites for hydroxylation is 1. The van der Waals surface area contributed by atoms with Gasteiger partial charge >= 0.3 is 0 Å². The van der Waals surface area contributed by atoms with Crippen LogP contribution < -0.4 is 20.7 Å². The van der Waals surface area contributed by atoms with Gasteiger partial charge in [-0.2, -0.15) is 0 Å². The average molecular weight is 520 g/mol. The maximum Gasteiger partial charge on any atom is 0.246 e. The summed E-state index contributed by atoms with van der Waals surface area (Å²) in [5, 5.41) is 7.71. The third kappa shape index (κ3) is 11.7. The zero-order valence-electron chi connectivity index (χ0n) is 22.3. The fourth-order valence-corrected chi connectivity index (χ4v) is 4.05. The number of ether oxygens (including phenoxy) is 3. The molecule has 1 aromatic carbocycles. The Morgan fingerprint density at radius 2 is 1.70 bits per heavy atom. The van der Waals surface area contributed by atoms with Crippen LogP contribution in [0.5, 0.6) is 5.75 Å². The first-order valence-electron chi connectivity index (χ1n) is 12.9. The molecular formula is C27H41N3O7. The van der Waals surface area contributed by atoms with E-state index >= 15 is 0 Å². The minimum atomic E-state index is -0.795. The van der Waals surface area contributed by atoms with Crippen molar-refractivity contribution in [3.8, 4) is 5.75 Å². The molecule has 1 heterocycles. The van der Waals surface area contributed by atoms with Crippen molar-refractivity contribution in [2.24, 2.45) is 5.92 Å². The topological polar surface area (TPSA) is 135 Å². The van der Waals surface area contributed by atoms with Crippen LogP contribution in [0.1, 0.15) is 51.5 Å². The molecule has 0 bridgehead atoms. The molecular weight excluding hydrogens is 478 g/mol. The number of carbonyl (C=O) groups is 4. The monoisotopic (exact) mass is 519 g/mol. The maximum absolute atomic E-state index is 12.4. The van der Waals surface area contributed by atoms with Crippen molar-refractivity contribution < 1.29 is 33.4 Å². The van der Waals surface area contributed by atoms with Crippen LogP contribution in [0.4, 0.5) is 0 Å². The van der Waals surface area contributed by atoms with E-state index in [1.54, 1.807) is 14.0 Å². The highest BCUT2D eigenvalue weighted by atomic mass is 16.6. The number of carbonyl (C=O) groups excluding carboxylic acids is 4. The van der Waals surface area contributed by atoms with Gasteiger partial charge in [0.05, 0.1) is 26.3 Å². The number of Topliss-reactive ketones (excluding diaryl/α,β-unsaturated/α-hetero) is 1. The zero-order valence-corrected chi connectivity index (χ0v) is 22.3. The molecule has 10 nitrogen and oxygen atoms in total. The van der Waals surface area contributed by atoms with Crippen molar-refractivity contribution in [2.75, 3.05) is 33.5 Å². The Hall–Kier alpha value is -2.98. The molecule has 0 aromatic heterocycles. The van der Waals surface area contributed by atoms with Gasteiger partial charge in [-0.1, -0.05) is 43.4 Å². The van der Waals surface area contributed by atoms with E-state index in [4.69, 9.17) is 14.2 Å². The summed E-state index contributed by atoms with van der Waals surface area (Å²) in [7, 11) is 1.67. The van der Waals surface area contributed by atoms with E-state index in [9.17, 15) is 19.2 Å². The Kier molecular flexibility index (Phi) is 13.1. The number of epoxide rings is 1. The molecule has 0 radical (unpaired) electrons. The van der Waals surface area contributed by atoms with Crippen molar-refractivity contribution in [3.63, 3.8) is 0 Å². The Labute approximate surface area is 219 Å². The number of amides is 3. The van der Waals surface area contributed by atoms with Crippen LogP contribution in [-0.2, 0) is 28.7 Å². The van der Waals surface area contributed by atoms with Crippen LogP contribution >= 0.6 is 0 Å². The van der Waals surface area contributed by atoms with E-state index < -0.39 is 35.9 Å². The van der Waals surface area contributed by atoms with E-state index in [0.717, 1.165) is 31.4 Å². The molecule has 3 rings (SSSR count). The summed E-state index contributed by atoms with van der Waals surface area (Å²) in [6, 6.07) is 6.59. The normalized spacial score (nSPS) is 18.0. The van der Waals surface area contributed by atoms with Gasteiger partial charge in [0, 0.05) is 6.61 Å². The third-order valence-corrected chi connectivity index (χ3v) is 6.26. The molecule has 3 unspecified atom stereocenters. The van der Waals surface area contributed by atoms with Gasteiger partial charge in [0.25, 0.3) is 0 Å².